The van der Waals surface area contributed by atoms with Gasteiger partial charge in [-0.1, -0.05) is 12.2 Å². The molecule has 2 N–H and O–H groups in total. The quantitative estimate of drug-likeness (QED) is 0.304. The molecule has 1 aromatic heterocycles. The van der Waals surface area contributed by atoms with Gasteiger partial charge in [0.05, 0.1) is 13.0 Å². The van der Waals surface area contributed by atoms with Crippen LogP contribution in [-0.2, 0) is 25.7 Å². The maximum atomic E-state index is 13.3. The largest absolute Gasteiger partial charge is 0.456 e. The van der Waals surface area contributed by atoms with Crippen molar-refractivity contribution < 1.29 is 19.1 Å². The lowest BCUT2D eigenvalue weighted by Crippen LogP contribution is -2.51. The third kappa shape index (κ3) is 6.62. The van der Waals surface area contributed by atoms with E-state index < -0.39 is 23.7 Å². The van der Waals surface area contributed by atoms with Crippen LogP contribution in [0.15, 0.2) is 39.3 Å². The summed E-state index contributed by atoms with van der Waals surface area (Å²) in [4.78, 5) is 52.7. The number of aromatic nitrogens is 1. The number of cyclic esters (lactones) is 1. The zero-order chi connectivity index (χ0) is 24.8. The molecule has 1 aromatic rings. The molecule has 0 aliphatic carbocycles. The summed E-state index contributed by atoms with van der Waals surface area (Å²) in [7, 11) is 0. The maximum Gasteiger partial charge on any atom is 0.329 e. The minimum absolute atomic E-state index is 0.0468. The Morgan fingerprint density at radius 1 is 1.34 bits per heavy atom. The van der Waals surface area contributed by atoms with Crippen molar-refractivity contribution in [2.24, 2.45) is 9.98 Å². The summed E-state index contributed by atoms with van der Waals surface area (Å²) in [6.07, 6.45) is 7.87. The Morgan fingerprint density at radius 3 is 2.97 bits per heavy atom. The first kappa shape index (κ1) is 25.6. The molecule has 0 saturated heterocycles. The van der Waals surface area contributed by atoms with Gasteiger partial charge in [0.15, 0.2) is 0 Å². The second kappa shape index (κ2) is 11.5. The standard InChI is InChI=1S/C23H27N5O4S3/c1-23-13-35-20(28-23)17-12-34-19(26-17)11-25-18(29)10-15(6-2-3-8-33)32-21(30)16(27-22(23)31)9-14-5-4-7-24-14/h2,5-7,12,15-16,33H,3-4,8-11,13H2,1H3,(H,25,29)(H,27,31)/b6-2+/t15-,16+,23+/m1/s1. The van der Waals surface area contributed by atoms with Crippen LogP contribution in [0, 0.1) is 0 Å². The van der Waals surface area contributed by atoms with E-state index in [1.54, 1.807) is 19.2 Å². The molecule has 0 saturated carbocycles. The molecule has 3 aliphatic heterocycles. The van der Waals surface area contributed by atoms with Gasteiger partial charge in [0.25, 0.3) is 0 Å². The fourth-order valence-electron chi connectivity index (χ4n) is 3.63. The molecule has 4 bridgehead atoms. The number of nitrogens with one attached hydrogen (secondary N) is 2. The first-order valence-corrected chi connectivity index (χ1v) is 13.8. The van der Waals surface area contributed by atoms with Crippen LogP contribution in [0.1, 0.15) is 43.3 Å². The average molecular weight is 534 g/mol. The predicted molar refractivity (Wildman–Crippen MR) is 141 cm³/mol. The summed E-state index contributed by atoms with van der Waals surface area (Å²) in [6.45, 7) is 2.01. The lowest BCUT2D eigenvalue weighted by atomic mass is 10.0. The Balaban J connectivity index is 1.64. The monoisotopic (exact) mass is 533 g/mol. The molecule has 4 heterocycles. The molecule has 3 atom stereocenters. The van der Waals surface area contributed by atoms with Gasteiger partial charge in [-0.05, 0) is 25.2 Å². The van der Waals surface area contributed by atoms with E-state index in [9.17, 15) is 14.4 Å². The van der Waals surface area contributed by atoms with Crippen LogP contribution in [0.25, 0.3) is 0 Å². The van der Waals surface area contributed by atoms with Gasteiger partial charge in [0, 0.05) is 35.9 Å². The molecule has 0 fully saturated rings. The van der Waals surface area contributed by atoms with Crippen molar-refractivity contribution in [3.05, 3.63) is 40.0 Å². The van der Waals surface area contributed by atoms with Gasteiger partial charge in [0.2, 0.25) is 11.8 Å². The summed E-state index contributed by atoms with van der Waals surface area (Å²) in [6, 6.07) is -0.965. The number of carbonyl (C=O) groups excluding carboxylic acids is 3. The van der Waals surface area contributed by atoms with Gasteiger partial charge in [-0.3, -0.25) is 19.6 Å². The fourth-order valence-corrected chi connectivity index (χ4v) is 5.71. The minimum Gasteiger partial charge on any atom is -0.456 e. The number of fused-ring (bicyclic) bond motifs is 4. The second-order valence-corrected chi connectivity index (χ2v) is 10.8. The topological polar surface area (TPSA) is 122 Å². The molecule has 186 valence electrons. The van der Waals surface area contributed by atoms with Crippen molar-refractivity contribution in [2.45, 2.75) is 56.8 Å². The number of thioether (sulfide) groups is 1. The number of hydrogen-bond donors (Lipinski definition) is 3. The molecule has 0 unspecified atom stereocenters. The summed E-state index contributed by atoms with van der Waals surface area (Å²) in [5, 5.41) is 8.95. The minimum atomic E-state index is -1.05. The highest BCUT2D eigenvalue weighted by Gasteiger charge is 2.41. The zero-order valence-corrected chi connectivity index (χ0v) is 21.8. The zero-order valence-electron chi connectivity index (χ0n) is 19.2. The van der Waals surface area contributed by atoms with Crippen LogP contribution in [0.5, 0.6) is 0 Å². The number of esters is 1. The molecule has 4 rings (SSSR count). The van der Waals surface area contributed by atoms with Crippen LogP contribution >= 0.6 is 35.7 Å². The highest BCUT2D eigenvalue weighted by atomic mass is 32.2. The van der Waals surface area contributed by atoms with Crippen molar-refractivity contribution in [2.75, 3.05) is 11.5 Å². The molecule has 0 aromatic carbocycles. The van der Waals surface area contributed by atoms with Gasteiger partial charge in [-0.25, -0.2) is 9.78 Å². The van der Waals surface area contributed by atoms with E-state index in [1.165, 1.54) is 23.1 Å². The molecule has 35 heavy (non-hydrogen) atoms. The van der Waals surface area contributed by atoms with Gasteiger partial charge < -0.3 is 15.4 Å². The Kier molecular flexibility index (Phi) is 8.45. The third-order valence-corrected chi connectivity index (χ3v) is 7.94. The van der Waals surface area contributed by atoms with Crippen molar-refractivity contribution >= 4 is 64.8 Å². The van der Waals surface area contributed by atoms with E-state index in [0.717, 1.165) is 5.01 Å². The van der Waals surface area contributed by atoms with Crippen LogP contribution in [0.2, 0.25) is 0 Å². The number of carbonyl (C=O) groups is 3. The van der Waals surface area contributed by atoms with Crippen molar-refractivity contribution in [3.8, 4) is 0 Å². The van der Waals surface area contributed by atoms with Crippen LogP contribution in [0.4, 0.5) is 0 Å². The smallest absolute Gasteiger partial charge is 0.329 e. The lowest BCUT2D eigenvalue weighted by molar-refractivity contribution is -0.152. The molecular formula is C23H27N5O4S3. The number of hydrogen-bond acceptors (Lipinski definition) is 10. The first-order valence-electron chi connectivity index (χ1n) is 11.3. The van der Waals surface area contributed by atoms with E-state index >= 15 is 0 Å². The number of amides is 2. The van der Waals surface area contributed by atoms with E-state index in [-0.39, 0.29) is 31.2 Å². The molecule has 12 heteroatoms. The number of ether oxygens (including phenoxy) is 1. The third-order valence-electron chi connectivity index (χ3n) is 5.55. The molecule has 9 nitrogen and oxygen atoms in total. The van der Waals surface area contributed by atoms with Gasteiger partial charge in [0.1, 0.15) is 33.4 Å². The number of thiol groups is 1. The molecule has 0 radical (unpaired) electrons. The Morgan fingerprint density at radius 2 is 2.20 bits per heavy atom. The number of rotatable bonds is 5. The molecule has 2 amide bonds. The van der Waals surface area contributed by atoms with E-state index in [1.807, 2.05) is 17.5 Å². The molecule has 3 aliphatic rings. The molecular weight excluding hydrogens is 506 g/mol. The second-order valence-electron chi connectivity index (χ2n) is 8.48. The van der Waals surface area contributed by atoms with Gasteiger partial charge in [-0.15, -0.1) is 23.1 Å². The fraction of sp³-hybridized carbons (Fsp3) is 0.478. The number of thiazole rings is 1. The summed E-state index contributed by atoms with van der Waals surface area (Å²) in [5.41, 5.74) is 0.334. The highest BCUT2D eigenvalue weighted by Crippen LogP contribution is 2.32. The van der Waals surface area contributed by atoms with Crippen molar-refractivity contribution in [1.29, 1.82) is 0 Å². The Hall–Kier alpha value is -2.44. The van der Waals surface area contributed by atoms with Crippen molar-refractivity contribution in [3.63, 3.8) is 0 Å². The summed E-state index contributed by atoms with van der Waals surface area (Å²) >= 11 is 7.06. The highest BCUT2D eigenvalue weighted by molar-refractivity contribution is 8.14. The SMILES string of the molecule is C[C@@]12CSC(=N1)c1csc(n1)CNC(=O)C[C@@H](/C=C/CCS)OC(=O)[C@H](CC1=CCC=N1)NC2=O. The number of aliphatic imine (C=N–C) groups is 2. The van der Waals surface area contributed by atoms with Crippen LogP contribution in [0.3, 0.4) is 0 Å². The number of nitrogens with zero attached hydrogens (tertiary/aromatic N) is 3. The summed E-state index contributed by atoms with van der Waals surface area (Å²) in [5.74, 6) is -0.212. The Bertz CT molecular complexity index is 1110. The Labute approximate surface area is 217 Å². The number of allylic oxidation sites excluding steroid dienone is 2. The average Bonchev–Trinajstić information content (AvgIpc) is 3.58. The predicted octanol–water partition coefficient (Wildman–Crippen LogP) is 2.44. The first-order chi connectivity index (χ1) is 16.9. The lowest BCUT2D eigenvalue weighted by Gasteiger charge is -2.25. The van der Waals surface area contributed by atoms with E-state index in [2.05, 4.69) is 38.2 Å². The van der Waals surface area contributed by atoms with Gasteiger partial charge >= 0.3 is 5.97 Å². The molecule has 0 spiro atoms. The van der Waals surface area contributed by atoms with Crippen LogP contribution in [-0.4, -0.2) is 63.2 Å². The van der Waals surface area contributed by atoms with Crippen LogP contribution < -0.4 is 10.6 Å². The van der Waals surface area contributed by atoms with E-state index in [4.69, 9.17) is 4.74 Å². The van der Waals surface area contributed by atoms with E-state index in [0.29, 0.717) is 40.8 Å². The van der Waals surface area contributed by atoms with Gasteiger partial charge in [-0.2, -0.15) is 12.6 Å². The maximum absolute atomic E-state index is 13.3. The summed E-state index contributed by atoms with van der Waals surface area (Å²) < 4.78 is 5.72. The normalized spacial score (nSPS) is 27.4. The van der Waals surface area contributed by atoms with Crippen molar-refractivity contribution in [1.82, 2.24) is 15.6 Å².